The standard InChI is InChI=1S/C21H16Cl2N4O/c1-12-8-9-14(10-17(12)22)25-21(28)16-11-24-20-18(19(16)23)13(2)26-27(20)15-6-4-3-5-7-15/h3-11H,1-2H3,(H,25,28). The zero-order valence-electron chi connectivity index (χ0n) is 15.2. The molecule has 5 nitrogen and oxygen atoms in total. The van der Waals surface area contributed by atoms with E-state index in [1.165, 1.54) is 6.20 Å². The van der Waals surface area contributed by atoms with E-state index in [-0.39, 0.29) is 11.5 Å². The highest BCUT2D eigenvalue weighted by atomic mass is 35.5. The van der Waals surface area contributed by atoms with Gasteiger partial charge in [-0.05, 0) is 43.7 Å². The Morgan fingerprint density at radius 1 is 1.07 bits per heavy atom. The van der Waals surface area contributed by atoms with E-state index < -0.39 is 0 Å². The van der Waals surface area contributed by atoms with Gasteiger partial charge in [0.1, 0.15) is 0 Å². The number of benzene rings is 2. The largest absolute Gasteiger partial charge is 0.322 e. The highest BCUT2D eigenvalue weighted by molar-refractivity contribution is 6.39. The van der Waals surface area contributed by atoms with Gasteiger partial charge in [0.15, 0.2) is 5.65 Å². The van der Waals surface area contributed by atoms with Crippen LogP contribution in [0.2, 0.25) is 10.0 Å². The van der Waals surface area contributed by atoms with Gasteiger partial charge in [-0.15, -0.1) is 0 Å². The number of aromatic nitrogens is 3. The second-order valence-corrected chi connectivity index (χ2v) is 7.22. The summed E-state index contributed by atoms with van der Waals surface area (Å²) >= 11 is 12.7. The first-order valence-electron chi connectivity index (χ1n) is 8.62. The zero-order valence-corrected chi connectivity index (χ0v) is 16.7. The number of pyridine rings is 1. The van der Waals surface area contributed by atoms with Crippen LogP contribution >= 0.6 is 23.2 Å². The summed E-state index contributed by atoms with van der Waals surface area (Å²) in [7, 11) is 0. The van der Waals surface area contributed by atoms with Crippen molar-refractivity contribution in [2.45, 2.75) is 13.8 Å². The van der Waals surface area contributed by atoms with Gasteiger partial charge in [0.05, 0.1) is 27.4 Å². The molecule has 0 aliphatic carbocycles. The molecule has 2 heterocycles. The first kappa shape index (κ1) is 18.5. The molecule has 2 aromatic heterocycles. The minimum atomic E-state index is -0.355. The van der Waals surface area contributed by atoms with Crippen LogP contribution in [-0.4, -0.2) is 20.7 Å². The fraction of sp³-hybridized carbons (Fsp3) is 0.0952. The average molecular weight is 411 g/mol. The Morgan fingerprint density at radius 2 is 1.82 bits per heavy atom. The lowest BCUT2D eigenvalue weighted by Crippen LogP contribution is -2.13. The number of nitrogens with zero attached hydrogens (tertiary/aromatic N) is 3. The molecule has 1 N–H and O–H groups in total. The molecule has 0 bridgehead atoms. The van der Waals surface area contributed by atoms with Crippen LogP contribution in [0.25, 0.3) is 16.7 Å². The number of hydrogen-bond donors (Lipinski definition) is 1. The van der Waals surface area contributed by atoms with E-state index in [2.05, 4.69) is 15.4 Å². The molecule has 0 aliphatic rings. The molecule has 0 unspecified atom stereocenters. The molecular weight excluding hydrogens is 395 g/mol. The molecule has 0 saturated carbocycles. The Kier molecular flexibility index (Phi) is 4.79. The number of hydrogen-bond acceptors (Lipinski definition) is 3. The molecule has 0 fully saturated rings. The highest BCUT2D eigenvalue weighted by Gasteiger charge is 2.20. The maximum atomic E-state index is 12.8. The molecular formula is C21H16Cl2N4O. The van der Waals surface area contributed by atoms with Crippen LogP contribution in [0, 0.1) is 13.8 Å². The van der Waals surface area contributed by atoms with Crippen LogP contribution in [0.1, 0.15) is 21.6 Å². The second-order valence-electron chi connectivity index (χ2n) is 6.44. The summed E-state index contributed by atoms with van der Waals surface area (Å²) < 4.78 is 1.72. The van der Waals surface area contributed by atoms with Gasteiger partial charge >= 0.3 is 0 Å². The number of amides is 1. The van der Waals surface area contributed by atoms with E-state index in [1.807, 2.05) is 50.2 Å². The quantitative estimate of drug-likeness (QED) is 0.478. The van der Waals surface area contributed by atoms with Crippen molar-refractivity contribution in [1.29, 1.82) is 0 Å². The molecule has 1 amide bonds. The van der Waals surface area contributed by atoms with Crippen LogP contribution in [0.3, 0.4) is 0 Å². The SMILES string of the molecule is Cc1ccc(NC(=O)c2cnc3c(c(C)nn3-c3ccccc3)c2Cl)cc1Cl. The van der Waals surface area contributed by atoms with Crippen LogP contribution in [0.15, 0.2) is 54.7 Å². The van der Waals surface area contributed by atoms with Crippen molar-refractivity contribution < 1.29 is 4.79 Å². The molecule has 0 saturated heterocycles. The van der Waals surface area contributed by atoms with Crippen LogP contribution in [0.4, 0.5) is 5.69 Å². The van der Waals surface area contributed by atoms with Crippen LogP contribution in [-0.2, 0) is 0 Å². The number of halogens is 2. The van der Waals surface area contributed by atoms with Gasteiger partial charge < -0.3 is 5.32 Å². The van der Waals surface area contributed by atoms with E-state index in [0.717, 1.165) is 11.3 Å². The summed E-state index contributed by atoms with van der Waals surface area (Å²) in [4.78, 5) is 17.2. The molecule has 0 aliphatic heterocycles. The lowest BCUT2D eigenvalue weighted by molar-refractivity contribution is 0.102. The van der Waals surface area contributed by atoms with Gasteiger partial charge in [0.2, 0.25) is 0 Å². The van der Waals surface area contributed by atoms with Crippen LogP contribution in [0.5, 0.6) is 0 Å². The zero-order chi connectivity index (χ0) is 19.8. The van der Waals surface area contributed by atoms with E-state index in [9.17, 15) is 4.79 Å². The number of aryl methyl sites for hydroxylation is 2. The second kappa shape index (κ2) is 7.26. The predicted molar refractivity (Wildman–Crippen MR) is 113 cm³/mol. The molecule has 4 aromatic rings. The molecule has 4 rings (SSSR count). The van der Waals surface area contributed by atoms with Crippen molar-refractivity contribution in [3.63, 3.8) is 0 Å². The Hall–Kier alpha value is -2.89. The molecule has 7 heteroatoms. The summed E-state index contributed by atoms with van der Waals surface area (Å²) in [5.41, 5.74) is 3.98. The number of rotatable bonds is 3. The normalized spacial score (nSPS) is 11.0. The van der Waals surface area contributed by atoms with Crippen molar-refractivity contribution in [1.82, 2.24) is 14.8 Å². The minimum absolute atomic E-state index is 0.279. The molecule has 0 atom stereocenters. The average Bonchev–Trinajstić information content (AvgIpc) is 3.03. The summed E-state index contributed by atoms with van der Waals surface area (Å²) in [6.45, 7) is 3.74. The van der Waals surface area contributed by atoms with Gasteiger partial charge in [0.25, 0.3) is 5.91 Å². The third-order valence-electron chi connectivity index (χ3n) is 4.48. The first-order chi connectivity index (χ1) is 13.5. The highest BCUT2D eigenvalue weighted by Crippen LogP contribution is 2.30. The molecule has 0 radical (unpaired) electrons. The van der Waals surface area contributed by atoms with E-state index in [0.29, 0.717) is 32.5 Å². The lowest BCUT2D eigenvalue weighted by Gasteiger charge is -2.09. The fourth-order valence-electron chi connectivity index (χ4n) is 2.98. The minimum Gasteiger partial charge on any atom is -0.322 e. The number of carbonyl (C=O) groups is 1. The van der Waals surface area contributed by atoms with E-state index in [1.54, 1.807) is 16.8 Å². The van der Waals surface area contributed by atoms with Crippen molar-refractivity contribution in [3.05, 3.63) is 81.6 Å². The maximum absolute atomic E-state index is 12.8. The Labute approximate surface area is 171 Å². The number of nitrogens with one attached hydrogen (secondary N) is 1. The van der Waals surface area contributed by atoms with E-state index >= 15 is 0 Å². The third-order valence-corrected chi connectivity index (χ3v) is 5.28. The summed E-state index contributed by atoms with van der Waals surface area (Å²) in [5, 5.41) is 8.92. The van der Waals surface area contributed by atoms with Crippen molar-refractivity contribution in [2.75, 3.05) is 5.32 Å². The Bertz CT molecular complexity index is 1200. The van der Waals surface area contributed by atoms with Gasteiger partial charge in [-0.25, -0.2) is 9.67 Å². The Balaban J connectivity index is 1.75. The Morgan fingerprint density at radius 3 is 2.54 bits per heavy atom. The number of para-hydroxylation sites is 1. The van der Waals surface area contributed by atoms with Gasteiger partial charge in [-0.3, -0.25) is 4.79 Å². The number of anilines is 1. The summed E-state index contributed by atoms with van der Waals surface area (Å²) in [6.07, 6.45) is 1.47. The molecule has 28 heavy (non-hydrogen) atoms. The van der Waals surface area contributed by atoms with Crippen molar-refractivity contribution >= 4 is 45.8 Å². The third kappa shape index (κ3) is 3.23. The van der Waals surface area contributed by atoms with Gasteiger partial charge in [-0.1, -0.05) is 47.5 Å². The monoisotopic (exact) mass is 410 g/mol. The number of fused-ring (bicyclic) bond motifs is 1. The van der Waals surface area contributed by atoms with E-state index in [4.69, 9.17) is 23.2 Å². The van der Waals surface area contributed by atoms with Crippen molar-refractivity contribution in [2.24, 2.45) is 0 Å². The first-order valence-corrected chi connectivity index (χ1v) is 9.38. The molecule has 0 spiro atoms. The maximum Gasteiger partial charge on any atom is 0.258 e. The smallest absolute Gasteiger partial charge is 0.258 e. The summed E-state index contributed by atoms with van der Waals surface area (Å²) in [5.74, 6) is -0.355. The van der Waals surface area contributed by atoms with Crippen LogP contribution < -0.4 is 5.32 Å². The fourth-order valence-corrected chi connectivity index (χ4v) is 3.52. The molecule has 2 aromatic carbocycles. The summed E-state index contributed by atoms with van der Waals surface area (Å²) in [6, 6.07) is 15.0. The number of carbonyl (C=O) groups excluding carboxylic acids is 1. The predicted octanol–water partition coefficient (Wildman–Crippen LogP) is 5.60. The molecule has 140 valence electrons. The van der Waals surface area contributed by atoms with Crippen molar-refractivity contribution in [3.8, 4) is 5.69 Å². The topological polar surface area (TPSA) is 59.8 Å². The lowest BCUT2D eigenvalue weighted by atomic mass is 10.1. The van der Waals surface area contributed by atoms with Gasteiger partial charge in [-0.2, -0.15) is 5.10 Å². The van der Waals surface area contributed by atoms with Gasteiger partial charge in [0, 0.05) is 16.9 Å².